The molecule has 1 aromatic carbocycles. The van der Waals surface area contributed by atoms with Crippen LogP contribution in [0, 0.1) is 6.92 Å². The van der Waals surface area contributed by atoms with E-state index in [1.807, 2.05) is 74.1 Å². The molecule has 0 spiro atoms. The fourth-order valence-corrected chi connectivity index (χ4v) is 5.18. The highest BCUT2D eigenvalue weighted by atomic mass is 32.2. The lowest BCUT2D eigenvalue weighted by atomic mass is 9.97. The number of hydrogen-bond acceptors (Lipinski definition) is 5. The molecule has 1 amide bonds. The predicted octanol–water partition coefficient (Wildman–Crippen LogP) is 4.37. The van der Waals surface area contributed by atoms with E-state index >= 15 is 0 Å². The molecular formula is C25H23N5OS. The quantitative estimate of drug-likeness (QED) is 0.625. The lowest BCUT2D eigenvalue weighted by Crippen LogP contribution is -2.45. The van der Waals surface area contributed by atoms with Gasteiger partial charge in [0, 0.05) is 31.3 Å². The van der Waals surface area contributed by atoms with Crippen LogP contribution in [0.15, 0.2) is 101 Å². The van der Waals surface area contributed by atoms with Crippen molar-refractivity contribution in [1.82, 2.24) is 14.7 Å². The number of allylic oxidation sites excluding steroid dienone is 2. The first kappa shape index (κ1) is 20.3. The van der Waals surface area contributed by atoms with Crippen LogP contribution in [-0.4, -0.2) is 44.1 Å². The molecular weight excluding hydrogens is 418 g/mol. The van der Waals surface area contributed by atoms with Gasteiger partial charge in [0.15, 0.2) is 0 Å². The number of aromatic nitrogens is 2. The number of amides is 1. The SMILES string of the molecule is C=C/C(=C\C=C\n1cccn1)CN1C=C2C(=O)N(c3ccccc3C)N=C2C2SC=CC21. The van der Waals surface area contributed by atoms with Gasteiger partial charge in [-0.3, -0.25) is 4.79 Å². The fourth-order valence-electron chi connectivity index (χ4n) is 4.05. The van der Waals surface area contributed by atoms with Crippen molar-refractivity contribution in [2.75, 3.05) is 11.6 Å². The van der Waals surface area contributed by atoms with E-state index in [0.29, 0.717) is 12.1 Å². The first-order chi connectivity index (χ1) is 15.7. The molecule has 3 aliphatic rings. The third-order valence-electron chi connectivity index (χ3n) is 5.71. The fraction of sp³-hybridized carbons (Fsp3) is 0.160. The van der Waals surface area contributed by atoms with Gasteiger partial charge in [-0.1, -0.05) is 43.0 Å². The average molecular weight is 442 g/mol. The monoisotopic (exact) mass is 441 g/mol. The summed E-state index contributed by atoms with van der Waals surface area (Å²) in [5.41, 5.74) is 4.43. The van der Waals surface area contributed by atoms with Crippen LogP contribution in [0.25, 0.3) is 6.20 Å². The van der Waals surface area contributed by atoms with E-state index in [9.17, 15) is 4.79 Å². The molecule has 5 rings (SSSR count). The Morgan fingerprint density at radius 2 is 2.16 bits per heavy atom. The Balaban J connectivity index is 1.43. The molecule has 0 radical (unpaired) electrons. The van der Waals surface area contributed by atoms with E-state index in [4.69, 9.17) is 5.10 Å². The minimum Gasteiger partial charge on any atom is -0.364 e. The maximum atomic E-state index is 13.3. The van der Waals surface area contributed by atoms with Crippen LogP contribution in [0.4, 0.5) is 5.69 Å². The third kappa shape index (κ3) is 3.65. The van der Waals surface area contributed by atoms with Gasteiger partial charge in [0.1, 0.15) is 0 Å². The Kier molecular flexibility index (Phi) is 5.41. The van der Waals surface area contributed by atoms with Crippen LogP contribution in [0.5, 0.6) is 0 Å². The molecule has 0 fully saturated rings. The maximum absolute atomic E-state index is 13.3. The molecule has 3 aliphatic heterocycles. The van der Waals surface area contributed by atoms with Gasteiger partial charge >= 0.3 is 0 Å². The van der Waals surface area contributed by atoms with Gasteiger partial charge in [0.05, 0.1) is 28.3 Å². The lowest BCUT2D eigenvalue weighted by molar-refractivity contribution is -0.114. The molecule has 0 N–H and O–H groups in total. The second-order valence-electron chi connectivity index (χ2n) is 7.75. The van der Waals surface area contributed by atoms with Crippen LogP contribution in [0.1, 0.15) is 5.56 Å². The summed E-state index contributed by atoms with van der Waals surface area (Å²) >= 11 is 1.72. The molecule has 0 aliphatic carbocycles. The zero-order valence-corrected chi connectivity index (χ0v) is 18.5. The normalized spacial score (nSPS) is 22.3. The molecule has 1 aromatic heterocycles. The van der Waals surface area contributed by atoms with Crippen LogP contribution < -0.4 is 5.01 Å². The standard InChI is InChI=1S/C25H23N5OS/c1-3-19(9-6-13-29-14-7-12-26-29)16-28-17-20-23(24-22(28)11-15-32-24)27-30(25(20)31)21-10-5-4-8-18(21)2/h3-15,17,22,24H,1,16H2,2H3/b13-6+,19-9+. The minimum atomic E-state index is -0.0760. The van der Waals surface area contributed by atoms with Crippen molar-refractivity contribution in [2.24, 2.45) is 5.10 Å². The Bertz CT molecular complexity index is 1200. The summed E-state index contributed by atoms with van der Waals surface area (Å²) < 4.78 is 1.74. The molecule has 0 saturated heterocycles. The van der Waals surface area contributed by atoms with Crippen molar-refractivity contribution in [1.29, 1.82) is 0 Å². The molecule has 7 heteroatoms. The topological polar surface area (TPSA) is 53.7 Å². The molecule has 0 bridgehead atoms. The Morgan fingerprint density at radius 3 is 2.94 bits per heavy atom. The number of anilines is 1. The van der Waals surface area contributed by atoms with Crippen LogP contribution in [-0.2, 0) is 4.79 Å². The van der Waals surface area contributed by atoms with Gasteiger partial charge < -0.3 is 4.90 Å². The number of nitrogens with zero attached hydrogens (tertiary/aromatic N) is 5. The smallest absolute Gasteiger partial charge is 0.282 e. The Labute approximate surface area is 191 Å². The zero-order valence-electron chi connectivity index (χ0n) is 17.7. The number of benzene rings is 1. The van der Waals surface area contributed by atoms with Gasteiger partial charge in [0.2, 0.25) is 0 Å². The minimum absolute atomic E-state index is 0.0760. The number of rotatable bonds is 6. The van der Waals surface area contributed by atoms with E-state index in [-0.39, 0.29) is 17.2 Å². The number of carbonyl (C=O) groups excluding carboxylic acids is 1. The first-order valence-electron chi connectivity index (χ1n) is 10.4. The van der Waals surface area contributed by atoms with Gasteiger partial charge in [-0.15, -0.1) is 11.8 Å². The summed E-state index contributed by atoms with van der Waals surface area (Å²) in [6, 6.07) is 9.87. The third-order valence-corrected chi connectivity index (χ3v) is 6.82. The largest absolute Gasteiger partial charge is 0.364 e. The molecule has 0 saturated carbocycles. The lowest BCUT2D eigenvalue weighted by Gasteiger charge is -2.35. The second kappa shape index (κ2) is 8.51. The summed E-state index contributed by atoms with van der Waals surface area (Å²) in [7, 11) is 0. The molecule has 32 heavy (non-hydrogen) atoms. The van der Waals surface area contributed by atoms with E-state index < -0.39 is 0 Å². The van der Waals surface area contributed by atoms with Crippen molar-refractivity contribution in [3.05, 3.63) is 102 Å². The highest BCUT2D eigenvalue weighted by molar-refractivity contribution is 8.03. The van der Waals surface area contributed by atoms with E-state index in [2.05, 4.69) is 28.1 Å². The van der Waals surface area contributed by atoms with Gasteiger partial charge in [-0.25, -0.2) is 4.68 Å². The van der Waals surface area contributed by atoms with Crippen LogP contribution in [0.3, 0.4) is 0 Å². The molecule has 2 unspecified atom stereocenters. The van der Waals surface area contributed by atoms with Crippen LogP contribution >= 0.6 is 11.8 Å². The number of hydrazone groups is 1. The molecule has 2 atom stereocenters. The average Bonchev–Trinajstić information content (AvgIpc) is 3.55. The van der Waals surface area contributed by atoms with Gasteiger partial charge in [0.25, 0.3) is 5.91 Å². The van der Waals surface area contributed by atoms with Crippen molar-refractivity contribution in [3.63, 3.8) is 0 Å². The first-order valence-corrected chi connectivity index (χ1v) is 11.4. The number of hydrogen-bond donors (Lipinski definition) is 0. The summed E-state index contributed by atoms with van der Waals surface area (Å²) in [6.07, 6.45) is 15.5. The molecule has 160 valence electrons. The van der Waals surface area contributed by atoms with Crippen molar-refractivity contribution in [2.45, 2.75) is 18.2 Å². The zero-order chi connectivity index (χ0) is 22.1. The Morgan fingerprint density at radius 1 is 1.28 bits per heavy atom. The molecule has 2 aromatic rings. The highest BCUT2D eigenvalue weighted by Gasteiger charge is 2.45. The predicted molar refractivity (Wildman–Crippen MR) is 131 cm³/mol. The number of carbonyl (C=O) groups is 1. The molecule has 6 nitrogen and oxygen atoms in total. The summed E-state index contributed by atoms with van der Waals surface area (Å²) in [4.78, 5) is 15.5. The Hall–Kier alpha value is -3.58. The van der Waals surface area contributed by atoms with E-state index in [1.165, 1.54) is 0 Å². The van der Waals surface area contributed by atoms with Gasteiger partial charge in [-0.05, 0) is 41.7 Å². The maximum Gasteiger partial charge on any atom is 0.282 e. The summed E-state index contributed by atoms with van der Waals surface area (Å²) in [5, 5.41) is 12.7. The number of thioether (sulfide) groups is 1. The summed E-state index contributed by atoms with van der Waals surface area (Å²) in [6.45, 7) is 6.62. The highest BCUT2D eigenvalue weighted by Crippen LogP contribution is 2.39. The second-order valence-corrected chi connectivity index (χ2v) is 8.81. The molecule has 4 heterocycles. The van der Waals surface area contributed by atoms with E-state index in [1.54, 1.807) is 27.6 Å². The van der Waals surface area contributed by atoms with Crippen molar-refractivity contribution in [3.8, 4) is 0 Å². The number of aryl methyl sites for hydroxylation is 1. The van der Waals surface area contributed by atoms with Crippen molar-refractivity contribution >= 4 is 35.3 Å². The number of fused-ring (bicyclic) bond motifs is 3. The number of para-hydroxylation sites is 1. The van der Waals surface area contributed by atoms with Gasteiger partial charge in [-0.2, -0.15) is 15.2 Å². The van der Waals surface area contributed by atoms with Crippen molar-refractivity contribution < 1.29 is 4.79 Å². The van der Waals surface area contributed by atoms with Crippen LogP contribution in [0.2, 0.25) is 0 Å². The van der Waals surface area contributed by atoms with E-state index in [0.717, 1.165) is 22.5 Å². The summed E-state index contributed by atoms with van der Waals surface area (Å²) in [5.74, 6) is -0.0760.